The number of carbonyl (C=O) groups is 2. The van der Waals surface area contributed by atoms with E-state index >= 15 is 0 Å². The van der Waals surface area contributed by atoms with E-state index < -0.39 is 21.3 Å². The Bertz CT molecular complexity index is 852. The molecule has 0 aromatic carbocycles. The normalized spacial score (nSPS) is 44.6. The van der Waals surface area contributed by atoms with Crippen LogP contribution in [0.4, 0.5) is 0 Å². The molecule has 9 atom stereocenters. The van der Waals surface area contributed by atoms with Crippen molar-refractivity contribution >= 4 is 21.9 Å². The van der Waals surface area contributed by atoms with Gasteiger partial charge in [0, 0.05) is 12.3 Å². The Balaban J connectivity index is 1.57. The van der Waals surface area contributed by atoms with Gasteiger partial charge in [0.15, 0.2) is 5.25 Å². The molecule has 0 spiro atoms. The van der Waals surface area contributed by atoms with Crippen molar-refractivity contribution in [3.05, 3.63) is 0 Å². The van der Waals surface area contributed by atoms with E-state index in [1.165, 1.54) is 25.7 Å². The van der Waals surface area contributed by atoms with Crippen LogP contribution >= 0.6 is 0 Å². The van der Waals surface area contributed by atoms with E-state index in [1.54, 1.807) is 0 Å². The second-order valence-corrected chi connectivity index (χ2v) is 13.2. The van der Waals surface area contributed by atoms with Crippen LogP contribution in [0.3, 0.4) is 0 Å². The molecule has 0 bridgehead atoms. The molecule has 4 rings (SSSR count). The van der Waals surface area contributed by atoms with E-state index in [4.69, 9.17) is 0 Å². The molecule has 6 nitrogen and oxygen atoms in total. The van der Waals surface area contributed by atoms with Gasteiger partial charge in [-0.15, -0.1) is 0 Å². The number of aliphatic carboxylic acids is 1. The second-order valence-electron chi connectivity index (χ2n) is 11.6. The van der Waals surface area contributed by atoms with Crippen LogP contribution in [-0.2, 0) is 19.7 Å². The number of fused-ring (bicyclic) bond motifs is 5. The van der Waals surface area contributed by atoms with E-state index in [1.807, 2.05) is 6.92 Å². The van der Waals surface area contributed by atoms with Crippen molar-refractivity contribution in [1.29, 1.82) is 0 Å². The maximum atomic E-state index is 13.4. The smallest absolute Gasteiger partial charge is 0.324 e. The average molecular weight is 455 g/mol. The summed E-state index contributed by atoms with van der Waals surface area (Å²) in [6, 6.07) is 0. The van der Waals surface area contributed by atoms with Crippen molar-refractivity contribution < 1.29 is 27.7 Å². The highest BCUT2D eigenvalue weighted by atomic mass is 32.2. The highest BCUT2D eigenvalue weighted by Crippen LogP contribution is 2.67. The molecule has 0 aromatic heterocycles. The third-order valence-electron chi connectivity index (χ3n) is 10.4. The van der Waals surface area contributed by atoms with Crippen LogP contribution in [0.15, 0.2) is 0 Å². The van der Waals surface area contributed by atoms with E-state index in [0.29, 0.717) is 30.0 Å². The molecule has 0 amide bonds. The third-order valence-corrected chi connectivity index (χ3v) is 11.5. The molecule has 31 heavy (non-hydrogen) atoms. The minimum Gasteiger partial charge on any atom is -0.480 e. The van der Waals surface area contributed by atoms with Crippen LogP contribution in [0.5, 0.6) is 0 Å². The van der Waals surface area contributed by atoms with E-state index in [0.717, 1.165) is 25.7 Å². The molecule has 4 aliphatic carbocycles. The van der Waals surface area contributed by atoms with Gasteiger partial charge in [-0.1, -0.05) is 33.6 Å². The summed E-state index contributed by atoms with van der Waals surface area (Å²) in [5.74, 6) is 0.374. The lowest BCUT2D eigenvalue weighted by Gasteiger charge is -2.60. The summed E-state index contributed by atoms with van der Waals surface area (Å²) in [4.78, 5) is 24.9. The van der Waals surface area contributed by atoms with Gasteiger partial charge in [0.05, 0.1) is 0 Å². The summed E-state index contributed by atoms with van der Waals surface area (Å²) < 4.78 is 32.6. The quantitative estimate of drug-likeness (QED) is 0.589. The summed E-state index contributed by atoms with van der Waals surface area (Å²) in [5, 5.41) is 7.56. The molecule has 4 aliphatic rings. The van der Waals surface area contributed by atoms with Gasteiger partial charge in [-0.2, -0.15) is 8.42 Å². The average Bonchev–Trinajstić information content (AvgIpc) is 3.02. The first-order valence-electron chi connectivity index (χ1n) is 12.1. The number of carboxylic acid groups (broad SMARTS) is 1. The largest absolute Gasteiger partial charge is 0.480 e. The van der Waals surface area contributed by atoms with Crippen molar-refractivity contribution in [2.45, 2.75) is 90.2 Å². The molecule has 176 valence electrons. The molecular weight excluding hydrogens is 416 g/mol. The number of Topliss-reactive ketones (excluding diaryl/α,β-unsaturated/α-hetero) is 1. The van der Waals surface area contributed by atoms with Crippen LogP contribution in [-0.4, -0.2) is 35.1 Å². The minimum atomic E-state index is -4.64. The van der Waals surface area contributed by atoms with Crippen LogP contribution in [0, 0.1) is 46.3 Å². The predicted molar refractivity (Wildman–Crippen MR) is 117 cm³/mol. The summed E-state index contributed by atoms with van der Waals surface area (Å²) in [7, 11) is -4.64. The lowest BCUT2D eigenvalue weighted by Crippen LogP contribution is -2.56. The summed E-state index contributed by atoms with van der Waals surface area (Å²) in [6.07, 6.45) is 9.47. The van der Waals surface area contributed by atoms with Crippen molar-refractivity contribution in [2.75, 3.05) is 0 Å². The molecule has 0 heterocycles. The lowest BCUT2D eigenvalue weighted by molar-refractivity contribution is -0.156. The van der Waals surface area contributed by atoms with Gasteiger partial charge < -0.3 is 5.11 Å². The first-order valence-corrected chi connectivity index (χ1v) is 13.6. The molecule has 2 unspecified atom stereocenters. The Labute approximate surface area is 186 Å². The second kappa shape index (κ2) is 7.82. The molecule has 7 heteroatoms. The summed E-state index contributed by atoms with van der Waals surface area (Å²) in [5.41, 5.74) is 0.192. The Kier molecular flexibility index (Phi) is 5.86. The Morgan fingerprint density at radius 2 is 1.74 bits per heavy atom. The maximum absolute atomic E-state index is 13.4. The van der Waals surface area contributed by atoms with Crippen molar-refractivity contribution in [1.82, 2.24) is 0 Å². The van der Waals surface area contributed by atoms with E-state index in [2.05, 4.69) is 13.8 Å². The van der Waals surface area contributed by atoms with Crippen LogP contribution in [0.25, 0.3) is 0 Å². The molecule has 0 radical (unpaired) electrons. The molecule has 0 saturated heterocycles. The van der Waals surface area contributed by atoms with E-state index in [9.17, 15) is 27.7 Å². The minimum absolute atomic E-state index is 0.0730. The first-order chi connectivity index (χ1) is 14.4. The monoisotopic (exact) mass is 454 g/mol. The molecule has 4 saturated carbocycles. The van der Waals surface area contributed by atoms with Gasteiger partial charge in [-0.05, 0) is 85.4 Å². The third kappa shape index (κ3) is 3.68. The maximum Gasteiger partial charge on any atom is 0.324 e. The first kappa shape index (κ1) is 23.2. The van der Waals surface area contributed by atoms with E-state index in [-0.39, 0.29) is 35.0 Å². The number of ketones is 1. The zero-order valence-corrected chi connectivity index (χ0v) is 19.9. The van der Waals surface area contributed by atoms with Crippen molar-refractivity contribution in [3.63, 3.8) is 0 Å². The fourth-order valence-corrected chi connectivity index (χ4v) is 9.59. The molecule has 2 N–H and O–H groups in total. The summed E-state index contributed by atoms with van der Waals surface area (Å²) >= 11 is 0. The zero-order chi connectivity index (χ0) is 22.8. The molecule has 0 aliphatic heterocycles. The van der Waals surface area contributed by atoms with Crippen LogP contribution < -0.4 is 0 Å². The number of hydrogen-bond donors (Lipinski definition) is 2. The van der Waals surface area contributed by atoms with Gasteiger partial charge in [0.2, 0.25) is 0 Å². The van der Waals surface area contributed by atoms with Crippen LogP contribution in [0.1, 0.15) is 85.0 Å². The molecular formula is C24H38O6S. The Morgan fingerprint density at radius 1 is 1.06 bits per heavy atom. The number of hydrogen-bond acceptors (Lipinski definition) is 4. The van der Waals surface area contributed by atoms with Crippen LogP contribution in [0.2, 0.25) is 0 Å². The van der Waals surface area contributed by atoms with Gasteiger partial charge in [-0.3, -0.25) is 14.1 Å². The Hall–Kier alpha value is -0.950. The van der Waals surface area contributed by atoms with Crippen molar-refractivity contribution in [2.24, 2.45) is 46.3 Å². The van der Waals surface area contributed by atoms with Gasteiger partial charge >= 0.3 is 5.97 Å². The molecule has 4 fully saturated rings. The highest BCUT2D eigenvalue weighted by Gasteiger charge is 2.62. The lowest BCUT2D eigenvalue weighted by atomic mass is 9.44. The predicted octanol–water partition coefficient (Wildman–Crippen LogP) is 4.58. The number of carbonyl (C=O) groups excluding carboxylic acids is 1. The van der Waals surface area contributed by atoms with Crippen molar-refractivity contribution in [3.8, 4) is 0 Å². The molecule has 0 aromatic rings. The topological polar surface area (TPSA) is 109 Å². The fourth-order valence-electron chi connectivity index (χ4n) is 8.79. The summed E-state index contributed by atoms with van der Waals surface area (Å²) in [6.45, 7) is 6.61. The fraction of sp³-hybridized carbons (Fsp3) is 0.917. The highest BCUT2D eigenvalue weighted by molar-refractivity contribution is 7.87. The number of rotatable bonds is 5. The Morgan fingerprint density at radius 3 is 2.39 bits per heavy atom. The van der Waals surface area contributed by atoms with Gasteiger partial charge in [0.25, 0.3) is 10.1 Å². The SMILES string of the molecule is C[C@H](CC(C(=O)O)S(=O)(=O)O)[C@H]1CC[C@H]2[C@@H]3C(=O)CC4CCCC[C@]4(C)[C@H]3CC[C@]12C. The standard InChI is InChI=1S/C24H38O6S/c1-14(12-20(22(26)27)31(28,29)30)16-7-8-17-21-18(9-11-24(16,17)3)23(2)10-5-4-6-15(23)13-19(21)25/h14-18,20-21H,4-13H2,1-3H3,(H,26,27)(H,28,29,30)/t14-,15?,16-,17+,18+,20?,21+,23+,24-/m1/s1. The van der Waals surface area contributed by atoms with Gasteiger partial charge in [-0.25, -0.2) is 0 Å². The number of carboxylic acids is 1. The zero-order valence-electron chi connectivity index (χ0n) is 19.0. The van der Waals surface area contributed by atoms with Gasteiger partial charge in [0.1, 0.15) is 5.78 Å².